The SMILES string of the molecule is Cc1noc(C[C@H]2CO[C@@H]3CN(C(=O)Cc4ccsc4)C[C@H]23)n1. The Kier molecular flexibility index (Phi) is 3.90. The molecule has 1 amide bonds. The van der Waals surface area contributed by atoms with Crippen LogP contribution in [-0.4, -0.2) is 46.7 Å². The number of hydrogen-bond acceptors (Lipinski definition) is 6. The molecule has 0 radical (unpaired) electrons. The molecule has 2 aliphatic rings. The van der Waals surface area contributed by atoms with Crippen LogP contribution in [-0.2, 0) is 22.4 Å². The Morgan fingerprint density at radius 3 is 3.13 bits per heavy atom. The molecular formula is C16H19N3O3S. The predicted molar refractivity (Wildman–Crippen MR) is 84.1 cm³/mol. The van der Waals surface area contributed by atoms with Crippen LogP contribution in [0.15, 0.2) is 21.3 Å². The first-order valence-electron chi connectivity index (χ1n) is 7.88. The molecule has 2 saturated heterocycles. The van der Waals surface area contributed by atoms with Crippen LogP contribution < -0.4 is 0 Å². The van der Waals surface area contributed by atoms with E-state index in [0.717, 1.165) is 18.5 Å². The van der Waals surface area contributed by atoms with Crippen LogP contribution >= 0.6 is 11.3 Å². The molecular weight excluding hydrogens is 314 g/mol. The van der Waals surface area contributed by atoms with E-state index in [-0.39, 0.29) is 12.0 Å². The van der Waals surface area contributed by atoms with Crippen LogP contribution in [0.2, 0.25) is 0 Å². The lowest BCUT2D eigenvalue weighted by atomic mass is 9.90. The summed E-state index contributed by atoms with van der Waals surface area (Å²) in [7, 11) is 0. The second-order valence-electron chi connectivity index (χ2n) is 6.34. The van der Waals surface area contributed by atoms with E-state index < -0.39 is 0 Å². The molecule has 2 aliphatic heterocycles. The quantitative estimate of drug-likeness (QED) is 0.852. The summed E-state index contributed by atoms with van der Waals surface area (Å²) in [5.41, 5.74) is 1.09. The first-order chi connectivity index (χ1) is 11.2. The lowest BCUT2D eigenvalue weighted by Gasteiger charge is -2.19. The van der Waals surface area contributed by atoms with Crippen molar-refractivity contribution in [3.8, 4) is 0 Å². The molecule has 0 saturated carbocycles. The highest BCUT2D eigenvalue weighted by molar-refractivity contribution is 7.07. The molecule has 0 unspecified atom stereocenters. The van der Waals surface area contributed by atoms with E-state index in [1.807, 2.05) is 28.7 Å². The van der Waals surface area contributed by atoms with Gasteiger partial charge in [-0.15, -0.1) is 0 Å². The summed E-state index contributed by atoms with van der Waals surface area (Å²) in [6, 6.07) is 2.01. The zero-order chi connectivity index (χ0) is 15.8. The lowest BCUT2D eigenvalue weighted by Crippen LogP contribution is -2.32. The van der Waals surface area contributed by atoms with Gasteiger partial charge in [-0.05, 0) is 35.2 Å². The number of carbonyl (C=O) groups is 1. The summed E-state index contributed by atoms with van der Waals surface area (Å²) in [6.45, 7) is 4.00. The Balaban J connectivity index is 1.38. The molecule has 2 aromatic rings. The van der Waals surface area contributed by atoms with Gasteiger partial charge in [-0.1, -0.05) is 5.16 Å². The van der Waals surface area contributed by atoms with Crippen molar-refractivity contribution < 1.29 is 14.1 Å². The Morgan fingerprint density at radius 1 is 1.48 bits per heavy atom. The van der Waals surface area contributed by atoms with Gasteiger partial charge in [-0.25, -0.2) is 0 Å². The smallest absolute Gasteiger partial charge is 0.227 e. The molecule has 7 heteroatoms. The molecule has 4 heterocycles. The summed E-state index contributed by atoms with van der Waals surface area (Å²) in [5.74, 6) is 2.23. The first kappa shape index (κ1) is 14.8. The molecule has 23 heavy (non-hydrogen) atoms. The number of thiophene rings is 1. The van der Waals surface area contributed by atoms with Gasteiger partial charge in [0.2, 0.25) is 11.8 Å². The molecule has 0 bridgehead atoms. The third kappa shape index (κ3) is 3.03. The van der Waals surface area contributed by atoms with Gasteiger partial charge in [0.15, 0.2) is 5.82 Å². The van der Waals surface area contributed by atoms with Crippen molar-refractivity contribution in [1.29, 1.82) is 0 Å². The topological polar surface area (TPSA) is 68.5 Å². The number of carbonyl (C=O) groups excluding carboxylic acids is 1. The molecule has 0 spiro atoms. The summed E-state index contributed by atoms with van der Waals surface area (Å²) < 4.78 is 11.1. The van der Waals surface area contributed by atoms with Crippen LogP contribution in [0.3, 0.4) is 0 Å². The van der Waals surface area contributed by atoms with Crippen LogP contribution in [0.1, 0.15) is 17.3 Å². The zero-order valence-electron chi connectivity index (χ0n) is 13.0. The van der Waals surface area contributed by atoms with Crippen LogP contribution in [0, 0.1) is 18.8 Å². The third-order valence-electron chi connectivity index (χ3n) is 4.73. The Bertz CT molecular complexity index is 685. The highest BCUT2D eigenvalue weighted by atomic mass is 32.1. The Labute approximate surface area is 138 Å². The van der Waals surface area contributed by atoms with Crippen molar-refractivity contribution in [3.05, 3.63) is 34.1 Å². The molecule has 6 nitrogen and oxygen atoms in total. The molecule has 0 N–H and O–H groups in total. The van der Waals surface area contributed by atoms with Gasteiger partial charge in [0, 0.05) is 25.4 Å². The van der Waals surface area contributed by atoms with Crippen molar-refractivity contribution in [2.75, 3.05) is 19.7 Å². The number of rotatable bonds is 4. The fourth-order valence-electron chi connectivity index (χ4n) is 3.54. The monoisotopic (exact) mass is 333 g/mol. The normalized spacial score (nSPS) is 26.7. The van der Waals surface area contributed by atoms with Crippen molar-refractivity contribution in [2.45, 2.75) is 25.9 Å². The molecule has 0 aliphatic carbocycles. The number of likely N-dealkylation sites (tertiary alicyclic amines) is 1. The molecule has 2 aromatic heterocycles. The first-order valence-corrected chi connectivity index (χ1v) is 8.83. The second kappa shape index (κ2) is 6.05. The van der Waals surface area contributed by atoms with E-state index in [9.17, 15) is 4.79 Å². The largest absolute Gasteiger partial charge is 0.376 e. The van der Waals surface area contributed by atoms with Crippen molar-refractivity contribution in [3.63, 3.8) is 0 Å². The van der Waals surface area contributed by atoms with Gasteiger partial charge in [-0.2, -0.15) is 16.3 Å². The van der Waals surface area contributed by atoms with Gasteiger partial charge in [0.25, 0.3) is 0 Å². The van der Waals surface area contributed by atoms with Crippen LogP contribution in [0.5, 0.6) is 0 Å². The Morgan fingerprint density at radius 2 is 2.39 bits per heavy atom. The van der Waals surface area contributed by atoms with Gasteiger partial charge < -0.3 is 14.2 Å². The highest BCUT2D eigenvalue weighted by Gasteiger charge is 2.45. The molecule has 122 valence electrons. The number of fused-ring (bicyclic) bond motifs is 1. The number of amides is 1. The van der Waals surface area contributed by atoms with E-state index in [2.05, 4.69) is 10.1 Å². The number of nitrogens with zero attached hydrogens (tertiary/aromatic N) is 3. The predicted octanol–water partition coefficient (Wildman–Crippen LogP) is 1.70. The molecule has 3 atom stereocenters. The minimum atomic E-state index is 0.149. The van der Waals surface area contributed by atoms with Gasteiger partial charge in [0.05, 0.1) is 19.1 Å². The summed E-state index contributed by atoms with van der Waals surface area (Å²) in [4.78, 5) is 18.7. The van der Waals surface area contributed by atoms with E-state index in [1.165, 1.54) is 0 Å². The maximum Gasteiger partial charge on any atom is 0.227 e. The van der Waals surface area contributed by atoms with Crippen molar-refractivity contribution >= 4 is 17.2 Å². The van der Waals surface area contributed by atoms with E-state index in [4.69, 9.17) is 9.26 Å². The average Bonchev–Trinajstić information content (AvgIpc) is 3.26. The maximum atomic E-state index is 12.4. The van der Waals surface area contributed by atoms with Gasteiger partial charge in [0.1, 0.15) is 0 Å². The van der Waals surface area contributed by atoms with Gasteiger partial charge >= 0.3 is 0 Å². The van der Waals surface area contributed by atoms with Crippen LogP contribution in [0.25, 0.3) is 0 Å². The average molecular weight is 333 g/mol. The zero-order valence-corrected chi connectivity index (χ0v) is 13.8. The fourth-order valence-corrected chi connectivity index (χ4v) is 4.21. The maximum absolute atomic E-state index is 12.4. The van der Waals surface area contributed by atoms with E-state index in [0.29, 0.717) is 43.1 Å². The van der Waals surface area contributed by atoms with Crippen molar-refractivity contribution in [2.24, 2.45) is 11.8 Å². The standard InChI is InChI=1S/C16H19N3O3S/c1-10-17-15(22-18-10)5-12-8-21-14-7-19(6-13(12)14)16(20)4-11-2-3-23-9-11/h2-3,9,12-14H,4-8H2,1H3/t12-,13+,14+/m0/s1. The minimum Gasteiger partial charge on any atom is -0.376 e. The number of hydrogen-bond donors (Lipinski definition) is 0. The highest BCUT2D eigenvalue weighted by Crippen LogP contribution is 2.35. The van der Waals surface area contributed by atoms with E-state index >= 15 is 0 Å². The minimum absolute atomic E-state index is 0.149. The molecule has 2 fully saturated rings. The number of aromatic nitrogens is 2. The number of ether oxygens (including phenoxy) is 1. The summed E-state index contributed by atoms with van der Waals surface area (Å²) in [6.07, 6.45) is 1.36. The van der Waals surface area contributed by atoms with Crippen molar-refractivity contribution in [1.82, 2.24) is 15.0 Å². The number of aryl methyl sites for hydroxylation is 1. The fraction of sp³-hybridized carbons (Fsp3) is 0.562. The molecule has 4 rings (SSSR count). The summed E-state index contributed by atoms with van der Waals surface area (Å²) >= 11 is 1.63. The van der Waals surface area contributed by atoms with Gasteiger partial charge in [-0.3, -0.25) is 4.79 Å². The second-order valence-corrected chi connectivity index (χ2v) is 7.12. The Hall–Kier alpha value is -1.73. The lowest BCUT2D eigenvalue weighted by molar-refractivity contribution is -0.130. The van der Waals surface area contributed by atoms with Crippen LogP contribution in [0.4, 0.5) is 0 Å². The molecule has 0 aromatic carbocycles. The summed E-state index contributed by atoms with van der Waals surface area (Å²) in [5, 5.41) is 7.88. The third-order valence-corrected chi connectivity index (χ3v) is 5.47. The van der Waals surface area contributed by atoms with E-state index in [1.54, 1.807) is 11.3 Å².